The lowest BCUT2D eigenvalue weighted by atomic mass is 10.1. The fraction of sp³-hybridized carbons (Fsp3) is 0.0870. The van der Waals surface area contributed by atoms with Crippen LogP contribution in [0.1, 0.15) is 15.9 Å². The molecule has 0 bridgehead atoms. The largest absolute Gasteiger partial charge is 0.465 e. The number of fused-ring (bicyclic) bond motifs is 1. The highest BCUT2D eigenvalue weighted by molar-refractivity contribution is 7.99. The van der Waals surface area contributed by atoms with Crippen LogP contribution in [-0.4, -0.2) is 22.6 Å². The zero-order valence-electron chi connectivity index (χ0n) is 16.7. The van der Waals surface area contributed by atoms with E-state index in [2.05, 4.69) is 0 Å². The number of esters is 1. The summed E-state index contributed by atoms with van der Waals surface area (Å²) in [6.45, 7) is 0.132. The molecule has 3 aromatic carbocycles. The van der Waals surface area contributed by atoms with E-state index in [0.29, 0.717) is 26.4 Å². The summed E-state index contributed by atoms with van der Waals surface area (Å²) in [7, 11) is 1.27. The van der Waals surface area contributed by atoms with Crippen molar-refractivity contribution in [1.82, 2.24) is 4.57 Å². The first-order valence-electron chi connectivity index (χ1n) is 9.43. The Morgan fingerprint density at radius 3 is 2.47 bits per heavy atom. The van der Waals surface area contributed by atoms with Crippen LogP contribution in [0.3, 0.4) is 0 Å². The van der Waals surface area contributed by atoms with E-state index in [1.165, 1.54) is 37.1 Å². The van der Waals surface area contributed by atoms with Crippen LogP contribution < -0.4 is 0 Å². The second-order valence-corrected chi connectivity index (χ2v) is 8.03. The Hall–Kier alpha value is -3.72. The summed E-state index contributed by atoms with van der Waals surface area (Å²) in [4.78, 5) is 24.1. The molecule has 0 saturated carbocycles. The van der Waals surface area contributed by atoms with Crippen LogP contribution in [0.5, 0.6) is 0 Å². The molecule has 4 aromatic rings. The first-order valence-corrected chi connectivity index (χ1v) is 10.2. The van der Waals surface area contributed by atoms with Gasteiger partial charge in [0.2, 0.25) is 0 Å². The maximum atomic E-state index is 13.7. The standard InChI is InChI=1S/C23H16F2N2O4S/c1-31-23(28)15-6-7-18-20(10-15)26(12-14-8-16(24)11-17(25)9-14)13-22(18)32-21-5-3-2-4-19(21)27(29)30/h2-11,13H,12H2,1H3. The predicted molar refractivity (Wildman–Crippen MR) is 116 cm³/mol. The molecule has 32 heavy (non-hydrogen) atoms. The molecule has 0 aliphatic heterocycles. The van der Waals surface area contributed by atoms with Crippen molar-refractivity contribution in [2.24, 2.45) is 0 Å². The minimum Gasteiger partial charge on any atom is -0.465 e. The third-order valence-electron chi connectivity index (χ3n) is 4.82. The van der Waals surface area contributed by atoms with E-state index >= 15 is 0 Å². The normalized spacial score (nSPS) is 11.0. The van der Waals surface area contributed by atoms with Gasteiger partial charge in [-0.2, -0.15) is 0 Å². The van der Waals surface area contributed by atoms with Crippen LogP contribution in [0.2, 0.25) is 0 Å². The monoisotopic (exact) mass is 454 g/mol. The molecule has 1 aromatic heterocycles. The van der Waals surface area contributed by atoms with E-state index < -0.39 is 22.5 Å². The average Bonchev–Trinajstić information content (AvgIpc) is 3.09. The number of benzene rings is 3. The number of methoxy groups -OCH3 is 1. The van der Waals surface area contributed by atoms with Crippen molar-refractivity contribution < 1.29 is 23.2 Å². The lowest BCUT2D eigenvalue weighted by Gasteiger charge is -2.07. The zero-order chi connectivity index (χ0) is 22.8. The number of nitro benzene ring substituents is 1. The molecule has 0 amide bonds. The molecule has 9 heteroatoms. The summed E-state index contributed by atoms with van der Waals surface area (Å²) < 4.78 is 33.9. The Labute approximate surface area is 185 Å². The second-order valence-electron chi connectivity index (χ2n) is 6.95. The summed E-state index contributed by atoms with van der Waals surface area (Å²) in [6.07, 6.45) is 1.75. The fourth-order valence-electron chi connectivity index (χ4n) is 3.43. The van der Waals surface area contributed by atoms with Crippen molar-refractivity contribution in [3.63, 3.8) is 0 Å². The van der Waals surface area contributed by atoms with Crippen LogP contribution >= 0.6 is 11.8 Å². The molecule has 0 unspecified atom stereocenters. The van der Waals surface area contributed by atoms with Gasteiger partial charge in [-0.3, -0.25) is 10.1 Å². The van der Waals surface area contributed by atoms with E-state index in [1.807, 2.05) is 0 Å². The number of carbonyl (C=O) groups excluding carboxylic acids is 1. The SMILES string of the molecule is COC(=O)c1ccc2c(Sc3ccccc3[N+](=O)[O-])cn(Cc3cc(F)cc(F)c3)c2c1. The molecule has 0 saturated heterocycles. The van der Waals surface area contributed by atoms with Crippen molar-refractivity contribution in [3.8, 4) is 0 Å². The summed E-state index contributed by atoms with van der Waals surface area (Å²) in [6, 6.07) is 14.6. The van der Waals surface area contributed by atoms with Gasteiger partial charge in [0.25, 0.3) is 5.69 Å². The Kier molecular flexibility index (Phi) is 5.91. The van der Waals surface area contributed by atoms with Crippen LogP contribution in [0.25, 0.3) is 10.9 Å². The number of nitro groups is 1. The number of ether oxygens (including phenoxy) is 1. The minimum atomic E-state index is -0.693. The summed E-state index contributed by atoms with van der Waals surface area (Å²) in [5.41, 5.74) is 1.30. The molecule has 0 radical (unpaired) electrons. The molecular weight excluding hydrogens is 438 g/mol. The van der Waals surface area contributed by atoms with Gasteiger partial charge in [-0.05, 0) is 35.9 Å². The van der Waals surface area contributed by atoms with Crippen LogP contribution in [-0.2, 0) is 11.3 Å². The average molecular weight is 454 g/mol. The summed E-state index contributed by atoms with van der Waals surface area (Å²) >= 11 is 1.20. The van der Waals surface area contributed by atoms with Crippen molar-refractivity contribution in [1.29, 1.82) is 0 Å². The highest BCUT2D eigenvalue weighted by atomic mass is 32.2. The van der Waals surface area contributed by atoms with E-state index in [0.717, 1.165) is 11.5 Å². The fourth-order valence-corrected chi connectivity index (χ4v) is 4.52. The lowest BCUT2D eigenvalue weighted by Crippen LogP contribution is -2.03. The number of aromatic nitrogens is 1. The van der Waals surface area contributed by atoms with Gasteiger partial charge < -0.3 is 9.30 Å². The smallest absolute Gasteiger partial charge is 0.337 e. The van der Waals surface area contributed by atoms with Crippen molar-refractivity contribution in [2.45, 2.75) is 16.3 Å². The van der Waals surface area contributed by atoms with Gasteiger partial charge >= 0.3 is 5.97 Å². The van der Waals surface area contributed by atoms with Crippen molar-refractivity contribution >= 4 is 34.3 Å². The number of halogens is 2. The number of hydrogen-bond donors (Lipinski definition) is 0. The Morgan fingerprint density at radius 1 is 1.06 bits per heavy atom. The highest BCUT2D eigenvalue weighted by Crippen LogP contribution is 2.39. The second kappa shape index (κ2) is 8.80. The van der Waals surface area contributed by atoms with Gasteiger partial charge in [-0.15, -0.1) is 0 Å². The first-order chi connectivity index (χ1) is 15.4. The lowest BCUT2D eigenvalue weighted by molar-refractivity contribution is -0.387. The summed E-state index contributed by atoms with van der Waals surface area (Å²) in [5.74, 6) is -1.91. The van der Waals surface area contributed by atoms with Gasteiger partial charge in [-0.1, -0.05) is 30.0 Å². The van der Waals surface area contributed by atoms with Gasteiger partial charge in [0, 0.05) is 35.2 Å². The van der Waals surface area contributed by atoms with Gasteiger partial charge in [0.1, 0.15) is 11.6 Å². The molecule has 0 atom stereocenters. The third kappa shape index (κ3) is 4.33. The molecular formula is C23H16F2N2O4S. The van der Waals surface area contributed by atoms with E-state index in [1.54, 1.807) is 47.2 Å². The molecule has 0 spiro atoms. The number of hydrogen-bond acceptors (Lipinski definition) is 5. The molecule has 6 nitrogen and oxygen atoms in total. The maximum absolute atomic E-state index is 13.7. The van der Waals surface area contributed by atoms with Crippen molar-refractivity contribution in [3.05, 3.63) is 99.7 Å². The quantitative estimate of drug-likeness (QED) is 0.209. The van der Waals surface area contributed by atoms with Crippen LogP contribution in [0.4, 0.5) is 14.5 Å². The van der Waals surface area contributed by atoms with Gasteiger partial charge in [0.05, 0.1) is 28.0 Å². The Bertz CT molecular complexity index is 1330. The van der Waals surface area contributed by atoms with E-state index in [4.69, 9.17) is 4.74 Å². The Morgan fingerprint density at radius 2 is 1.78 bits per heavy atom. The topological polar surface area (TPSA) is 74.4 Å². The highest BCUT2D eigenvalue weighted by Gasteiger charge is 2.18. The van der Waals surface area contributed by atoms with Gasteiger partial charge in [-0.25, -0.2) is 13.6 Å². The van der Waals surface area contributed by atoms with Crippen molar-refractivity contribution in [2.75, 3.05) is 7.11 Å². The molecule has 4 rings (SSSR count). The zero-order valence-corrected chi connectivity index (χ0v) is 17.6. The molecule has 162 valence electrons. The first kappa shape index (κ1) is 21.5. The molecule has 1 heterocycles. The maximum Gasteiger partial charge on any atom is 0.337 e. The van der Waals surface area contributed by atoms with Crippen LogP contribution in [0.15, 0.2) is 76.7 Å². The number of rotatable bonds is 6. The van der Waals surface area contributed by atoms with Gasteiger partial charge in [0.15, 0.2) is 0 Å². The third-order valence-corrected chi connectivity index (χ3v) is 5.93. The summed E-state index contributed by atoms with van der Waals surface area (Å²) in [5, 5.41) is 12.1. The molecule has 0 fully saturated rings. The predicted octanol–water partition coefficient (Wildman–Crippen LogP) is 5.81. The molecule has 0 aliphatic carbocycles. The molecule has 0 N–H and O–H groups in total. The number of nitrogens with zero attached hydrogens (tertiary/aromatic N) is 2. The molecule has 0 aliphatic rings. The van der Waals surface area contributed by atoms with E-state index in [-0.39, 0.29) is 12.2 Å². The number of carbonyl (C=O) groups is 1. The Balaban J connectivity index is 1.83. The minimum absolute atomic E-state index is 0.0308. The van der Waals surface area contributed by atoms with Crippen LogP contribution in [0, 0.1) is 21.7 Å². The number of para-hydroxylation sites is 1. The van der Waals surface area contributed by atoms with E-state index in [9.17, 15) is 23.7 Å².